The van der Waals surface area contributed by atoms with Crippen LogP contribution >= 0.6 is 23.2 Å². The SMILES string of the molecule is Clc1ccc(Cl)cc1.O=[N+]([O-])c1ccccc1. The summed E-state index contributed by atoms with van der Waals surface area (Å²) < 4.78 is 0. The molecule has 2 aromatic carbocycles. The molecule has 0 bridgehead atoms. The van der Waals surface area contributed by atoms with Gasteiger partial charge in [0.15, 0.2) is 0 Å². The van der Waals surface area contributed by atoms with Crippen LogP contribution in [-0.2, 0) is 0 Å². The number of hydrogen-bond acceptors (Lipinski definition) is 2. The molecule has 2 rings (SSSR count). The number of non-ortho nitro benzene ring substituents is 1. The number of para-hydroxylation sites is 1. The van der Waals surface area contributed by atoms with E-state index in [1.807, 2.05) is 0 Å². The van der Waals surface area contributed by atoms with E-state index < -0.39 is 4.92 Å². The highest BCUT2D eigenvalue weighted by molar-refractivity contribution is 6.32. The first kappa shape index (κ1) is 13.5. The summed E-state index contributed by atoms with van der Waals surface area (Å²) in [6, 6.07) is 14.9. The smallest absolute Gasteiger partial charge is 0.258 e. The average Bonchev–Trinajstić information content (AvgIpc) is 2.35. The van der Waals surface area contributed by atoms with Crippen LogP contribution in [0.2, 0.25) is 10.0 Å². The molecule has 5 heteroatoms. The van der Waals surface area contributed by atoms with Gasteiger partial charge < -0.3 is 0 Å². The zero-order valence-corrected chi connectivity index (χ0v) is 10.2. The summed E-state index contributed by atoms with van der Waals surface area (Å²) in [5.41, 5.74) is 0.137. The van der Waals surface area contributed by atoms with Gasteiger partial charge in [-0.25, -0.2) is 0 Å². The number of benzene rings is 2. The Morgan fingerprint density at radius 2 is 1.24 bits per heavy atom. The molecule has 0 aromatic heterocycles. The third-order valence-corrected chi connectivity index (χ3v) is 2.27. The van der Waals surface area contributed by atoms with E-state index in [-0.39, 0.29) is 5.69 Å². The van der Waals surface area contributed by atoms with Gasteiger partial charge in [0.05, 0.1) is 4.92 Å². The topological polar surface area (TPSA) is 43.1 Å². The van der Waals surface area contributed by atoms with Crippen molar-refractivity contribution in [2.45, 2.75) is 0 Å². The number of nitro groups is 1. The van der Waals surface area contributed by atoms with Crippen LogP contribution in [0.25, 0.3) is 0 Å². The Morgan fingerprint density at radius 1 is 0.824 bits per heavy atom. The second-order valence-electron chi connectivity index (χ2n) is 3.03. The summed E-state index contributed by atoms with van der Waals surface area (Å²) in [6.45, 7) is 0. The maximum Gasteiger partial charge on any atom is 0.269 e. The Balaban J connectivity index is 0.000000171. The van der Waals surface area contributed by atoms with Gasteiger partial charge in [0.1, 0.15) is 0 Å². The molecule has 0 unspecified atom stereocenters. The molecule has 0 aliphatic heterocycles. The summed E-state index contributed by atoms with van der Waals surface area (Å²) in [5, 5.41) is 11.4. The Kier molecular flexibility index (Phi) is 5.46. The quantitative estimate of drug-likeness (QED) is 0.562. The molecule has 0 saturated carbocycles. The predicted octanol–water partition coefficient (Wildman–Crippen LogP) is 4.59. The molecule has 88 valence electrons. The van der Waals surface area contributed by atoms with Crippen LogP contribution in [0, 0.1) is 10.1 Å². The van der Waals surface area contributed by atoms with Crippen molar-refractivity contribution in [2.24, 2.45) is 0 Å². The minimum atomic E-state index is -0.417. The average molecular weight is 270 g/mol. The zero-order valence-electron chi connectivity index (χ0n) is 8.72. The van der Waals surface area contributed by atoms with E-state index in [1.54, 1.807) is 42.5 Å². The summed E-state index contributed by atoms with van der Waals surface area (Å²) >= 11 is 11.1. The predicted molar refractivity (Wildman–Crippen MR) is 69.6 cm³/mol. The highest BCUT2D eigenvalue weighted by atomic mass is 35.5. The lowest BCUT2D eigenvalue weighted by molar-refractivity contribution is -0.384. The van der Waals surface area contributed by atoms with Crippen molar-refractivity contribution in [1.82, 2.24) is 0 Å². The molecular weight excluding hydrogens is 261 g/mol. The molecule has 0 radical (unpaired) electrons. The van der Waals surface area contributed by atoms with Gasteiger partial charge in [-0.1, -0.05) is 41.4 Å². The number of rotatable bonds is 1. The van der Waals surface area contributed by atoms with E-state index in [4.69, 9.17) is 23.2 Å². The van der Waals surface area contributed by atoms with E-state index in [2.05, 4.69) is 0 Å². The molecule has 0 atom stereocenters. The molecule has 0 N–H and O–H groups in total. The fourth-order valence-corrected chi connectivity index (χ4v) is 1.23. The Morgan fingerprint density at radius 3 is 1.53 bits per heavy atom. The molecule has 0 fully saturated rings. The zero-order chi connectivity index (χ0) is 12.7. The molecule has 0 aliphatic rings. The standard InChI is InChI=1S/C6H4Cl2.C6H5NO2/c7-5-1-2-6(8)4-3-5;8-7(9)6-4-2-1-3-5-6/h1-4H;1-5H. The number of nitro benzene ring substituents is 1. The van der Waals surface area contributed by atoms with Crippen molar-refractivity contribution in [3.05, 3.63) is 74.8 Å². The van der Waals surface area contributed by atoms with Crippen LogP contribution in [0.15, 0.2) is 54.6 Å². The molecule has 3 nitrogen and oxygen atoms in total. The summed E-state index contributed by atoms with van der Waals surface area (Å²) in [5.74, 6) is 0. The Labute approximate surface area is 109 Å². The van der Waals surface area contributed by atoms with Gasteiger partial charge in [-0.15, -0.1) is 0 Å². The number of halogens is 2. The maximum absolute atomic E-state index is 10.0. The monoisotopic (exact) mass is 269 g/mol. The first-order chi connectivity index (χ1) is 8.09. The van der Waals surface area contributed by atoms with Gasteiger partial charge in [-0.05, 0) is 24.3 Å². The van der Waals surface area contributed by atoms with E-state index in [0.717, 1.165) is 10.0 Å². The summed E-state index contributed by atoms with van der Waals surface area (Å²) in [4.78, 5) is 9.59. The van der Waals surface area contributed by atoms with Gasteiger partial charge in [0.25, 0.3) is 5.69 Å². The largest absolute Gasteiger partial charge is 0.269 e. The lowest BCUT2D eigenvalue weighted by Gasteiger charge is -1.86. The lowest BCUT2D eigenvalue weighted by atomic mass is 10.3. The van der Waals surface area contributed by atoms with Crippen LogP contribution in [0.3, 0.4) is 0 Å². The van der Waals surface area contributed by atoms with Crippen molar-refractivity contribution < 1.29 is 4.92 Å². The molecule has 0 saturated heterocycles. The first-order valence-electron chi connectivity index (χ1n) is 4.70. The third kappa shape index (κ3) is 5.33. The Bertz CT molecular complexity index is 451. The van der Waals surface area contributed by atoms with Crippen molar-refractivity contribution >= 4 is 28.9 Å². The van der Waals surface area contributed by atoms with Gasteiger partial charge in [-0.3, -0.25) is 10.1 Å². The lowest BCUT2D eigenvalue weighted by Crippen LogP contribution is -1.84. The van der Waals surface area contributed by atoms with E-state index in [9.17, 15) is 10.1 Å². The van der Waals surface area contributed by atoms with Gasteiger partial charge in [-0.2, -0.15) is 0 Å². The van der Waals surface area contributed by atoms with Crippen LogP contribution in [0.5, 0.6) is 0 Å². The Hall–Kier alpha value is -1.58. The summed E-state index contributed by atoms with van der Waals surface area (Å²) in [6.07, 6.45) is 0. The molecule has 0 amide bonds. The number of nitrogens with zero attached hydrogens (tertiary/aromatic N) is 1. The first-order valence-corrected chi connectivity index (χ1v) is 5.45. The highest BCUT2D eigenvalue weighted by Crippen LogP contribution is 2.12. The molecule has 2 aromatic rings. The van der Waals surface area contributed by atoms with Crippen LogP contribution in [-0.4, -0.2) is 4.92 Å². The fraction of sp³-hybridized carbons (Fsp3) is 0. The summed E-state index contributed by atoms with van der Waals surface area (Å²) in [7, 11) is 0. The fourth-order valence-electron chi connectivity index (χ4n) is 0.979. The minimum absolute atomic E-state index is 0.137. The van der Waals surface area contributed by atoms with Gasteiger partial charge in [0.2, 0.25) is 0 Å². The van der Waals surface area contributed by atoms with Crippen molar-refractivity contribution in [3.63, 3.8) is 0 Å². The van der Waals surface area contributed by atoms with Crippen LogP contribution in [0.4, 0.5) is 5.69 Å². The van der Waals surface area contributed by atoms with E-state index in [1.165, 1.54) is 12.1 Å². The van der Waals surface area contributed by atoms with Crippen molar-refractivity contribution in [3.8, 4) is 0 Å². The van der Waals surface area contributed by atoms with Gasteiger partial charge >= 0.3 is 0 Å². The van der Waals surface area contributed by atoms with Crippen molar-refractivity contribution in [1.29, 1.82) is 0 Å². The molecule has 0 spiro atoms. The minimum Gasteiger partial charge on any atom is -0.258 e. The molecule has 0 aliphatic carbocycles. The second-order valence-corrected chi connectivity index (χ2v) is 3.90. The van der Waals surface area contributed by atoms with E-state index in [0.29, 0.717) is 0 Å². The molecule has 17 heavy (non-hydrogen) atoms. The number of hydrogen-bond donors (Lipinski definition) is 0. The molecular formula is C12H9Cl2NO2. The van der Waals surface area contributed by atoms with Crippen LogP contribution in [0.1, 0.15) is 0 Å². The highest BCUT2D eigenvalue weighted by Gasteiger charge is 1.98. The second kappa shape index (κ2) is 6.89. The van der Waals surface area contributed by atoms with Crippen molar-refractivity contribution in [2.75, 3.05) is 0 Å². The van der Waals surface area contributed by atoms with Gasteiger partial charge in [0, 0.05) is 22.2 Å². The normalized spacial score (nSPS) is 9.06. The van der Waals surface area contributed by atoms with E-state index >= 15 is 0 Å². The maximum atomic E-state index is 10.0. The molecule has 0 heterocycles. The van der Waals surface area contributed by atoms with Crippen LogP contribution < -0.4 is 0 Å². The third-order valence-electron chi connectivity index (χ3n) is 1.77.